The van der Waals surface area contributed by atoms with Crippen LogP contribution in [-0.4, -0.2) is 36.7 Å². The molecule has 0 atom stereocenters. The molecule has 0 saturated heterocycles. The molecule has 5 heteroatoms. The van der Waals surface area contributed by atoms with Gasteiger partial charge in [0.2, 0.25) is 5.88 Å². The molecule has 1 heterocycles. The van der Waals surface area contributed by atoms with Gasteiger partial charge in [0.15, 0.2) is 0 Å². The second-order valence-electron chi connectivity index (χ2n) is 3.12. The van der Waals surface area contributed by atoms with Crippen molar-refractivity contribution in [2.45, 2.75) is 13.8 Å². The minimum atomic E-state index is 0.591. The number of nitrogens with zero attached hydrogens (tertiary/aromatic N) is 2. The number of hydrogen-bond acceptors (Lipinski definition) is 5. The van der Waals surface area contributed by atoms with Crippen LogP contribution < -0.4 is 15.4 Å². The fraction of sp³-hybridized carbons (Fsp3) is 0.600. The molecule has 0 saturated carbocycles. The number of aromatic nitrogens is 2. The molecular weight excluding hydrogens is 192 g/mol. The lowest BCUT2D eigenvalue weighted by atomic mass is 10.5. The molecule has 0 radical (unpaired) electrons. The average Bonchev–Trinajstić information content (AvgIpc) is 2.23. The van der Waals surface area contributed by atoms with Crippen molar-refractivity contribution in [1.82, 2.24) is 15.3 Å². The minimum Gasteiger partial charge on any atom is -0.481 e. The first-order valence-corrected chi connectivity index (χ1v) is 5.10. The van der Waals surface area contributed by atoms with Crippen molar-refractivity contribution >= 4 is 5.82 Å². The first kappa shape index (κ1) is 11.7. The molecular formula is C10H18N4O. The van der Waals surface area contributed by atoms with E-state index in [2.05, 4.69) is 27.5 Å². The molecule has 0 amide bonds. The van der Waals surface area contributed by atoms with E-state index in [0.29, 0.717) is 11.7 Å². The van der Waals surface area contributed by atoms with E-state index in [1.165, 1.54) is 0 Å². The predicted molar refractivity (Wildman–Crippen MR) is 60.4 cm³/mol. The number of nitrogens with one attached hydrogen (secondary N) is 2. The quantitative estimate of drug-likeness (QED) is 0.681. The third-order valence-electron chi connectivity index (χ3n) is 1.88. The molecule has 0 aliphatic rings. The second kappa shape index (κ2) is 6.19. The third kappa shape index (κ3) is 4.12. The number of aryl methyl sites for hydroxylation is 1. The summed E-state index contributed by atoms with van der Waals surface area (Å²) in [6, 6.07) is 1.79. The van der Waals surface area contributed by atoms with E-state index in [1.54, 1.807) is 13.2 Å². The summed E-state index contributed by atoms with van der Waals surface area (Å²) >= 11 is 0. The Bertz CT molecular complexity index is 303. The molecule has 2 N–H and O–H groups in total. The van der Waals surface area contributed by atoms with Crippen molar-refractivity contribution in [3.63, 3.8) is 0 Å². The van der Waals surface area contributed by atoms with E-state index < -0.39 is 0 Å². The number of hydrogen-bond donors (Lipinski definition) is 2. The molecule has 5 nitrogen and oxygen atoms in total. The lowest BCUT2D eigenvalue weighted by molar-refractivity contribution is 0.396. The summed E-state index contributed by atoms with van der Waals surface area (Å²) in [7, 11) is 1.60. The SMILES string of the molecule is CCNCCNc1cc(OC)nc(C)n1. The van der Waals surface area contributed by atoms with E-state index in [1.807, 2.05) is 6.92 Å². The summed E-state index contributed by atoms with van der Waals surface area (Å²) < 4.78 is 5.06. The van der Waals surface area contributed by atoms with Crippen LogP contribution in [0.4, 0.5) is 5.82 Å². The highest BCUT2D eigenvalue weighted by atomic mass is 16.5. The van der Waals surface area contributed by atoms with Crippen LogP contribution in [0.5, 0.6) is 5.88 Å². The smallest absolute Gasteiger partial charge is 0.218 e. The van der Waals surface area contributed by atoms with Gasteiger partial charge in [-0.05, 0) is 13.5 Å². The van der Waals surface area contributed by atoms with Gasteiger partial charge in [-0.1, -0.05) is 6.92 Å². The maximum Gasteiger partial charge on any atom is 0.218 e. The highest BCUT2D eigenvalue weighted by Gasteiger charge is 2.00. The Hall–Kier alpha value is -1.36. The van der Waals surface area contributed by atoms with Crippen LogP contribution >= 0.6 is 0 Å². The van der Waals surface area contributed by atoms with Crippen LogP contribution in [0.25, 0.3) is 0 Å². The van der Waals surface area contributed by atoms with E-state index in [-0.39, 0.29) is 0 Å². The summed E-state index contributed by atoms with van der Waals surface area (Å²) in [5.74, 6) is 2.10. The topological polar surface area (TPSA) is 59.1 Å². The lowest BCUT2D eigenvalue weighted by Crippen LogP contribution is -2.22. The Morgan fingerprint density at radius 2 is 2.13 bits per heavy atom. The van der Waals surface area contributed by atoms with Gasteiger partial charge in [-0.15, -0.1) is 0 Å². The lowest BCUT2D eigenvalue weighted by Gasteiger charge is -2.07. The Morgan fingerprint density at radius 3 is 2.80 bits per heavy atom. The fourth-order valence-corrected chi connectivity index (χ4v) is 1.19. The molecule has 0 bridgehead atoms. The highest BCUT2D eigenvalue weighted by Crippen LogP contribution is 2.11. The zero-order valence-corrected chi connectivity index (χ0v) is 9.50. The summed E-state index contributed by atoms with van der Waals surface area (Å²) in [5.41, 5.74) is 0. The van der Waals surface area contributed by atoms with E-state index in [0.717, 1.165) is 25.5 Å². The molecule has 0 fully saturated rings. The van der Waals surface area contributed by atoms with Crippen LogP contribution in [-0.2, 0) is 0 Å². The molecule has 0 unspecified atom stereocenters. The zero-order chi connectivity index (χ0) is 11.1. The number of anilines is 1. The Balaban J connectivity index is 2.49. The van der Waals surface area contributed by atoms with Gasteiger partial charge in [-0.25, -0.2) is 4.98 Å². The maximum absolute atomic E-state index is 5.06. The molecule has 84 valence electrons. The standard InChI is InChI=1S/C10H18N4O/c1-4-11-5-6-12-9-7-10(15-3)14-8(2)13-9/h7,11H,4-6H2,1-3H3,(H,12,13,14). The van der Waals surface area contributed by atoms with Gasteiger partial charge in [0.05, 0.1) is 7.11 Å². The number of likely N-dealkylation sites (N-methyl/N-ethyl adjacent to an activating group) is 1. The first-order valence-electron chi connectivity index (χ1n) is 5.10. The fourth-order valence-electron chi connectivity index (χ4n) is 1.19. The summed E-state index contributed by atoms with van der Waals surface area (Å²) in [6.45, 7) is 6.67. The number of rotatable bonds is 6. The zero-order valence-electron chi connectivity index (χ0n) is 9.50. The molecule has 0 aliphatic heterocycles. The summed E-state index contributed by atoms with van der Waals surface area (Å²) in [4.78, 5) is 8.36. The average molecular weight is 210 g/mol. The van der Waals surface area contributed by atoms with E-state index in [9.17, 15) is 0 Å². The van der Waals surface area contributed by atoms with Gasteiger partial charge in [-0.2, -0.15) is 4.98 Å². The number of ether oxygens (including phenoxy) is 1. The van der Waals surface area contributed by atoms with Gasteiger partial charge < -0.3 is 15.4 Å². The van der Waals surface area contributed by atoms with Gasteiger partial charge >= 0.3 is 0 Å². The number of methoxy groups -OCH3 is 1. The molecule has 1 aromatic heterocycles. The molecule has 0 aliphatic carbocycles. The van der Waals surface area contributed by atoms with Crippen molar-refractivity contribution in [3.8, 4) is 5.88 Å². The predicted octanol–water partition coefficient (Wildman–Crippen LogP) is 0.815. The van der Waals surface area contributed by atoms with Gasteiger partial charge in [0.25, 0.3) is 0 Å². The maximum atomic E-state index is 5.06. The summed E-state index contributed by atoms with van der Waals surface area (Å²) in [5, 5.41) is 6.43. The van der Waals surface area contributed by atoms with Crippen molar-refractivity contribution in [3.05, 3.63) is 11.9 Å². The first-order chi connectivity index (χ1) is 7.26. The van der Waals surface area contributed by atoms with E-state index >= 15 is 0 Å². The van der Waals surface area contributed by atoms with Crippen molar-refractivity contribution in [1.29, 1.82) is 0 Å². The van der Waals surface area contributed by atoms with Crippen LogP contribution in [0.1, 0.15) is 12.7 Å². The molecule has 1 rings (SSSR count). The van der Waals surface area contributed by atoms with Crippen LogP contribution in [0.15, 0.2) is 6.07 Å². The van der Waals surface area contributed by atoms with E-state index in [4.69, 9.17) is 4.74 Å². The van der Waals surface area contributed by atoms with Gasteiger partial charge in [0, 0.05) is 19.2 Å². The molecule has 15 heavy (non-hydrogen) atoms. The van der Waals surface area contributed by atoms with Crippen LogP contribution in [0.3, 0.4) is 0 Å². The third-order valence-corrected chi connectivity index (χ3v) is 1.88. The van der Waals surface area contributed by atoms with Gasteiger partial charge in [-0.3, -0.25) is 0 Å². The van der Waals surface area contributed by atoms with Crippen molar-refractivity contribution in [2.24, 2.45) is 0 Å². The Morgan fingerprint density at radius 1 is 1.33 bits per heavy atom. The highest BCUT2D eigenvalue weighted by molar-refractivity contribution is 5.38. The van der Waals surface area contributed by atoms with Crippen LogP contribution in [0, 0.1) is 6.92 Å². The summed E-state index contributed by atoms with van der Waals surface area (Å²) in [6.07, 6.45) is 0. The largest absolute Gasteiger partial charge is 0.481 e. The minimum absolute atomic E-state index is 0.591. The second-order valence-corrected chi connectivity index (χ2v) is 3.12. The van der Waals surface area contributed by atoms with Crippen LogP contribution in [0.2, 0.25) is 0 Å². The monoisotopic (exact) mass is 210 g/mol. The Labute approximate surface area is 90.3 Å². The normalized spacial score (nSPS) is 10.1. The van der Waals surface area contributed by atoms with Gasteiger partial charge in [0.1, 0.15) is 11.6 Å². The molecule has 1 aromatic rings. The molecule has 0 spiro atoms. The van der Waals surface area contributed by atoms with Crippen molar-refractivity contribution in [2.75, 3.05) is 32.1 Å². The van der Waals surface area contributed by atoms with Crippen molar-refractivity contribution < 1.29 is 4.74 Å². The molecule has 0 aromatic carbocycles. The Kier molecular flexibility index (Phi) is 4.83.